The minimum atomic E-state index is 0.919. The van der Waals surface area contributed by atoms with Gasteiger partial charge in [-0.25, -0.2) is 0 Å². The highest BCUT2D eigenvalue weighted by Gasteiger charge is 2.06. The second-order valence-electron chi connectivity index (χ2n) is 5.88. The molecule has 0 fully saturated rings. The fourth-order valence-electron chi connectivity index (χ4n) is 2.84. The summed E-state index contributed by atoms with van der Waals surface area (Å²) in [6.45, 7) is 4.63. The molecule has 0 aliphatic heterocycles. The molecule has 2 aromatic carbocycles. The highest BCUT2D eigenvalue weighted by Crippen LogP contribution is 2.22. The Bertz CT molecular complexity index is 527. The van der Waals surface area contributed by atoms with E-state index in [2.05, 4.69) is 68.1 Å². The number of thioether (sulfide) groups is 1. The zero-order valence-electron chi connectivity index (χ0n) is 13.5. The summed E-state index contributed by atoms with van der Waals surface area (Å²) in [5.74, 6) is 3.50. The van der Waals surface area contributed by atoms with Crippen molar-refractivity contribution in [2.24, 2.45) is 5.92 Å². The number of aryl methyl sites for hydroxylation is 1. The molecule has 0 amide bonds. The Balaban J connectivity index is 1.82. The smallest absolute Gasteiger partial charge is 0.00267 e. The summed E-state index contributed by atoms with van der Waals surface area (Å²) in [4.78, 5) is 0. The monoisotopic (exact) mass is 300 g/mol. The number of rotatable bonds is 9. The van der Waals surface area contributed by atoms with Crippen LogP contribution in [-0.2, 0) is 6.42 Å². The first-order valence-electron chi connectivity index (χ1n) is 8.39. The van der Waals surface area contributed by atoms with E-state index in [1.165, 1.54) is 59.9 Å². The summed E-state index contributed by atoms with van der Waals surface area (Å²) in [7, 11) is 0. The van der Waals surface area contributed by atoms with Crippen LogP contribution in [0.25, 0.3) is 10.8 Å². The SMILES string of the molecule is CCCCC(CC)CSCCc1cccc2ccccc12. The lowest BCUT2D eigenvalue weighted by Crippen LogP contribution is -2.03. The van der Waals surface area contributed by atoms with Crippen LogP contribution < -0.4 is 0 Å². The molecule has 1 atom stereocenters. The van der Waals surface area contributed by atoms with Gasteiger partial charge in [-0.3, -0.25) is 0 Å². The minimum Gasteiger partial charge on any atom is -0.161 e. The second kappa shape index (κ2) is 9.15. The topological polar surface area (TPSA) is 0 Å². The fourth-order valence-corrected chi connectivity index (χ4v) is 4.11. The zero-order chi connectivity index (χ0) is 14.9. The van der Waals surface area contributed by atoms with Gasteiger partial charge in [0.05, 0.1) is 0 Å². The van der Waals surface area contributed by atoms with Gasteiger partial charge in [0.15, 0.2) is 0 Å². The van der Waals surface area contributed by atoms with E-state index >= 15 is 0 Å². The van der Waals surface area contributed by atoms with Crippen molar-refractivity contribution in [2.45, 2.75) is 46.0 Å². The Morgan fingerprint density at radius 1 is 1.00 bits per heavy atom. The summed E-state index contributed by atoms with van der Waals surface area (Å²) in [5.41, 5.74) is 1.50. The first-order valence-corrected chi connectivity index (χ1v) is 9.55. The Morgan fingerprint density at radius 3 is 2.62 bits per heavy atom. The van der Waals surface area contributed by atoms with Gasteiger partial charge in [-0.05, 0) is 46.6 Å². The highest BCUT2D eigenvalue weighted by atomic mass is 32.2. The van der Waals surface area contributed by atoms with Crippen molar-refractivity contribution in [2.75, 3.05) is 11.5 Å². The molecule has 1 heteroatoms. The molecule has 2 aromatic rings. The van der Waals surface area contributed by atoms with Crippen molar-refractivity contribution in [3.05, 3.63) is 48.0 Å². The average Bonchev–Trinajstić information content (AvgIpc) is 2.54. The van der Waals surface area contributed by atoms with Crippen molar-refractivity contribution < 1.29 is 0 Å². The minimum absolute atomic E-state index is 0.919. The van der Waals surface area contributed by atoms with E-state index in [1.807, 2.05) is 0 Å². The summed E-state index contributed by atoms with van der Waals surface area (Å²) >= 11 is 2.14. The van der Waals surface area contributed by atoms with Gasteiger partial charge in [0.1, 0.15) is 0 Å². The number of hydrogen-bond acceptors (Lipinski definition) is 1. The van der Waals surface area contributed by atoms with Crippen LogP contribution in [0, 0.1) is 5.92 Å². The summed E-state index contributed by atoms with van der Waals surface area (Å²) < 4.78 is 0. The predicted octanol–water partition coefficient (Wildman–Crippen LogP) is 6.33. The third kappa shape index (κ3) is 5.07. The number of benzene rings is 2. The van der Waals surface area contributed by atoms with Crippen molar-refractivity contribution in [3.8, 4) is 0 Å². The van der Waals surface area contributed by atoms with E-state index in [0.717, 1.165) is 5.92 Å². The van der Waals surface area contributed by atoms with Crippen LogP contribution in [0.5, 0.6) is 0 Å². The number of unbranched alkanes of at least 4 members (excludes halogenated alkanes) is 1. The van der Waals surface area contributed by atoms with Crippen molar-refractivity contribution in [1.29, 1.82) is 0 Å². The normalized spacial score (nSPS) is 12.7. The van der Waals surface area contributed by atoms with Gasteiger partial charge in [0.2, 0.25) is 0 Å². The van der Waals surface area contributed by atoms with E-state index < -0.39 is 0 Å². The summed E-state index contributed by atoms with van der Waals surface area (Å²) in [6.07, 6.45) is 6.66. The molecular formula is C20H28S. The quantitative estimate of drug-likeness (QED) is 0.487. The third-order valence-electron chi connectivity index (χ3n) is 4.29. The molecule has 2 rings (SSSR count). The van der Waals surface area contributed by atoms with Crippen LogP contribution in [0.3, 0.4) is 0 Å². The van der Waals surface area contributed by atoms with Crippen LogP contribution in [0.15, 0.2) is 42.5 Å². The number of fused-ring (bicyclic) bond motifs is 1. The molecule has 0 saturated carbocycles. The largest absolute Gasteiger partial charge is 0.161 e. The first kappa shape index (κ1) is 16.4. The molecule has 114 valence electrons. The maximum absolute atomic E-state index is 2.34. The number of hydrogen-bond donors (Lipinski definition) is 0. The molecule has 0 spiro atoms. The first-order chi connectivity index (χ1) is 10.3. The van der Waals surface area contributed by atoms with Gasteiger partial charge in [-0.15, -0.1) is 0 Å². The Morgan fingerprint density at radius 2 is 1.81 bits per heavy atom. The lowest BCUT2D eigenvalue weighted by Gasteiger charge is -2.14. The van der Waals surface area contributed by atoms with Crippen molar-refractivity contribution in [1.82, 2.24) is 0 Å². The Labute approximate surface area is 134 Å². The summed E-state index contributed by atoms with van der Waals surface area (Å²) in [5, 5.41) is 2.80. The molecular weight excluding hydrogens is 272 g/mol. The molecule has 0 radical (unpaired) electrons. The van der Waals surface area contributed by atoms with Gasteiger partial charge in [0.25, 0.3) is 0 Å². The molecule has 21 heavy (non-hydrogen) atoms. The van der Waals surface area contributed by atoms with E-state index in [0.29, 0.717) is 0 Å². The standard InChI is InChI=1S/C20H28S/c1-3-5-9-17(4-2)16-21-15-14-19-12-8-11-18-10-6-7-13-20(18)19/h6-8,10-13,17H,3-5,9,14-16H2,1-2H3. The Kier molecular flexibility index (Phi) is 7.15. The summed E-state index contributed by atoms with van der Waals surface area (Å²) in [6, 6.07) is 15.4. The van der Waals surface area contributed by atoms with Crippen molar-refractivity contribution >= 4 is 22.5 Å². The molecule has 0 aliphatic carbocycles. The molecule has 1 unspecified atom stereocenters. The molecule has 0 heterocycles. The average molecular weight is 301 g/mol. The maximum atomic E-state index is 2.34. The lowest BCUT2D eigenvalue weighted by atomic mass is 10.0. The molecule has 0 aromatic heterocycles. The molecule has 0 saturated heterocycles. The van der Waals surface area contributed by atoms with E-state index in [9.17, 15) is 0 Å². The van der Waals surface area contributed by atoms with Crippen molar-refractivity contribution in [3.63, 3.8) is 0 Å². The van der Waals surface area contributed by atoms with E-state index in [-0.39, 0.29) is 0 Å². The van der Waals surface area contributed by atoms with Gasteiger partial charge in [-0.2, -0.15) is 11.8 Å². The van der Waals surface area contributed by atoms with E-state index in [4.69, 9.17) is 0 Å². The van der Waals surface area contributed by atoms with E-state index in [1.54, 1.807) is 0 Å². The lowest BCUT2D eigenvalue weighted by molar-refractivity contribution is 0.499. The van der Waals surface area contributed by atoms with Gasteiger partial charge >= 0.3 is 0 Å². The predicted molar refractivity (Wildman–Crippen MR) is 98.3 cm³/mol. The van der Waals surface area contributed by atoms with Gasteiger partial charge < -0.3 is 0 Å². The van der Waals surface area contributed by atoms with Crippen LogP contribution in [0.2, 0.25) is 0 Å². The molecule has 0 nitrogen and oxygen atoms in total. The Hall–Kier alpha value is -0.950. The highest BCUT2D eigenvalue weighted by molar-refractivity contribution is 7.99. The van der Waals surface area contributed by atoms with Gasteiger partial charge in [-0.1, -0.05) is 75.6 Å². The van der Waals surface area contributed by atoms with Gasteiger partial charge in [0, 0.05) is 0 Å². The van der Waals surface area contributed by atoms with Crippen LogP contribution >= 0.6 is 11.8 Å². The molecule has 0 aliphatic rings. The van der Waals surface area contributed by atoms with Crippen LogP contribution in [0.1, 0.15) is 45.1 Å². The molecule has 0 bridgehead atoms. The maximum Gasteiger partial charge on any atom is -0.00267 e. The third-order valence-corrected chi connectivity index (χ3v) is 5.49. The molecule has 0 N–H and O–H groups in total. The fraction of sp³-hybridized carbons (Fsp3) is 0.500. The van der Waals surface area contributed by atoms with Crippen LogP contribution in [-0.4, -0.2) is 11.5 Å². The van der Waals surface area contributed by atoms with Crippen LogP contribution in [0.4, 0.5) is 0 Å². The second-order valence-corrected chi connectivity index (χ2v) is 7.03. The zero-order valence-corrected chi connectivity index (χ0v) is 14.3.